The SMILES string of the molecule is Cn1nc(F)c2cc([C@H]3CC[C@H](CN(c4cccc(-c5cnc(C6CC6)s5)c4)C(=O)[C@H]4CC[C@H](O)CC4)CC3)ccc21. The van der Waals surface area contributed by atoms with Gasteiger partial charge in [-0.3, -0.25) is 9.48 Å². The van der Waals surface area contributed by atoms with Gasteiger partial charge in [-0.05, 0) is 111 Å². The van der Waals surface area contributed by atoms with E-state index in [4.69, 9.17) is 0 Å². The lowest BCUT2D eigenvalue weighted by Gasteiger charge is -2.36. The molecule has 4 aromatic rings. The zero-order chi connectivity index (χ0) is 28.8. The molecule has 3 saturated carbocycles. The Kier molecular flexibility index (Phi) is 7.61. The predicted octanol–water partition coefficient (Wildman–Crippen LogP) is 7.57. The monoisotopic (exact) mass is 586 g/mol. The molecule has 3 fully saturated rings. The molecule has 3 aliphatic carbocycles. The molecule has 0 spiro atoms. The third-order valence-corrected chi connectivity index (χ3v) is 11.0. The fourth-order valence-electron chi connectivity index (χ4n) is 7.06. The van der Waals surface area contributed by atoms with Crippen LogP contribution in [-0.2, 0) is 11.8 Å². The first-order chi connectivity index (χ1) is 20.4. The molecule has 42 heavy (non-hydrogen) atoms. The van der Waals surface area contributed by atoms with Gasteiger partial charge in [-0.2, -0.15) is 4.39 Å². The molecule has 1 amide bonds. The lowest BCUT2D eigenvalue weighted by Crippen LogP contribution is -2.41. The molecule has 0 saturated heterocycles. The van der Waals surface area contributed by atoms with E-state index >= 15 is 0 Å². The summed E-state index contributed by atoms with van der Waals surface area (Å²) in [6, 6.07) is 14.5. The number of anilines is 1. The van der Waals surface area contributed by atoms with E-state index in [-0.39, 0.29) is 17.9 Å². The molecule has 7 rings (SSSR count). The molecule has 0 aliphatic heterocycles. The molecule has 2 heterocycles. The first-order valence-corrected chi connectivity index (χ1v) is 16.4. The number of thiazole rings is 1. The Morgan fingerprint density at radius 3 is 2.52 bits per heavy atom. The number of carbonyl (C=O) groups is 1. The highest BCUT2D eigenvalue weighted by Crippen LogP contribution is 2.44. The van der Waals surface area contributed by atoms with Crippen LogP contribution in [0.5, 0.6) is 0 Å². The van der Waals surface area contributed by atoms with Crippen molar-refractivity contribution in [1.82, 2.24) is 14.8 Å². The van der Waals surface area contributed by atoms with Crippen molar-refractivity contribution in [1.29, 1.82) is 0 Å². The number of amides is 1. The minimum absolute atomic E-state index is 0.0422. The Balaban J connectivity index is 1.09. The van der Waals surface area contributed by atoms with Crippen molar-refractivity contribution in [2.45, 2.75) is 82.1 Å². The number of hydrogen-bond acceptors (Lipinski definition) is 5. The summed E-state index contributed by atoms with van der Waals surface area (Å²) < 4.78 is 16.0. The maximum absolute atomic E-state index is 14.4. The number of aliphatic hydroxyl groups excluding tert-OH is 1. The van der Waals surface area contributed by atoms with E-state index in [1.165, 1.54) is 23.4 Å². The summed E-state index contributed by atoms with van der Waals surface area (Å²) >= 11 is 1.78. The van der Waals surface area contributed by atoms with Crippen molar-refractivity contribution in [2.75, 3.05) is 11.4 Å². The molecule has 0 bridgehead atoms. The molecule has 220 valence electrons. The Hall–Kier alpha value is -3.10. The average molecular weight is 587 g/mol. The first kappa shape index (κ1) is 27.7. The lowest BCUT2D eigenvalue weighted by atomic mass is 9.78. The molecule has 0 radical (unpaired) electrons. The Labute approximate surface area is 250 Å². The van der Waals surface area contributed by atoms with Crippen LogP contribution in [0.2, 0.25) is 0 Å². The zero-order valence-corrected chi connectivity index (χ0v) is 25.0. The van der Waals surface area contributed by atoms with Gasteiger partial charge in [-0.25, -0.2) is 4.98 Å². The van der Waals surface area contributed by atoms with Gasteiger partial charge in [0.1, 0.15) is 0 Å². The van der Waals surface area contributed by atoms with Gasteiger partial charge in [0.05, 0.1) is 26.9 Å². The van der Waals surface area contributed by atoms with E-state index in [9.17, 15) is 14.3 Å². The number of carbonyl (C=O) groups excluding carboxylic acids is 1. The fraction of sp³-hybridized carbons (Fsp3) is 0.500. The standard InChI is InChI=1S/C34H39FN4O2S/c1-38-30-16-13-25(18-29(30)32(35)37-38)22-7-5-21(6-8-22)20-39(34(41)24-11-14-28(40)15-12-24)27-4-2-3-26(17-27)31-19-36-33(42-31)23-9-10-23/h2-4,13,16-19,21-24,28,40H,5-12,14-15,20H2,1H3/t21-,22-,24-,28-. The molecular weight excluding hydrogens is 547 g/mol. The van der Waals surface area contributed by atoms with E-state index in [0.29, 0.717) is 42.5 Å². The molecule has 2 aromatic heterocycles. The summed E-state index contributed by atoms with van der Waals surface area (Å²) in [5.74, 6) is 1.18. The van der Waals surface area contributed by atoms with Crippen molar-refractivity contribution in [3.05, 3.63) is 65.2 Å². The van der Waals surface area contributed by atoms with Gasteiger partial charge in [-0.15, -0.1) is 16.4 Å². The molecule has 3 aliphatic rings. The van der Waals surface area contributed by atoms with Crippen molar-refractivity contribution in [3.63, 3.8) is 0 Å². The molecule has 0 unspecified atom stereocenters. The third kappa shape index (κ3) is 5.63. The largest absolute Gasteiger partial charge is 0.393 e. The van der Waals surface area contributed by atoms with Crippen LogP contribution in [0.4, 0.5) is 10.1 Å². The number of aromatic nitrogens is 3. The van der Waals surface area contributed by atoms with Crippen LogP contribution in [0.15, 0.2) is 48.7 Å². The van der Waals surface area contributed by atoms with E-state index in [2.05, 4.69) is 45.3 Å². The Bertz CT molecular complexity index is 1580. The van der Waals surface area contributed by atoms with Gasteiger partial charge in [-0.1, -0.05) is 18.2 Å². The Morgan fingerprint density at radius 1 is 1.00 bits per heavy atom. The van der Waals surface area contributed by atoms with Crippen LogP contribution >= 0.6 is 11.3 Å². The predicted molar refractivity (Wildman–Crippen MR) is 165 cm³/mol. The van der Waals surface area contributed by atoms with E-state index in [0.717, 1.165) is 60.2 Å². The van der Waals surface area contributed by atoms with Gasteiger partial charge in [0, 0.05) is 37.3 Å². The van der Waals surface area contributed by atoms with Crippen LogP contribution in [0, 0.1) is 17.8 Å². The second-order valence-corrected chi connectivity index (χ2v) is 13.8. The molecule has 2 aromatic carbocycles. The van der Waals surface area contributed by atoms with Crippen LogP contribution < -0.4 is 4.90 Å². The van der Waals surface area contributed by atoms with Crippen molar-refractivity contribution < 1.29 is 14.3 Å². The Morgan fingerprint density at radius 2 is 1.76 bits per heavy atom. The normalized spacial score (nSPS) is 24.6. The van der Waals surface area contributed by atoms with Crippen molar-refractivity contribution in [3.8, 4) is 10.4 Å². The molecule has 8 heteroatoms. The zero-order valence-electron chi connectivity index (χ0n) is 24.2. The second-order valence-electron chi connectivity index (χ2n) is 12.8. The summed E-state index contributed by atoms with van der Waals surface area (Å²) in [5, 5.41) is 15.8. The summed E-state index contributed by atoms with van der Waals surface area (Å²) in [4.78, 5) is 22.0. The topological polar surface area (TPSA) is 71.2 Å². The van der Waals surface area contributed by atoms with Crippen molar-refractivity contribution in [2.24, 2.45) is 18.9 Å². The highest BCUT2D eigenvalue weighted by Gasteiger charge is 2.33. The minimum atomic E-state index is -0.406. The van der Waals surface area contributed by atoms with Crippen LogP contribution in [-0.4, -0.2) is 38.4 Å². The van der Waals surface area contributed by atoms with Crippen LogP contribution in [0.25, 0.3) is 21.3 Å². The molecular formula is C34H39FN4O2S. The summed E-state index contributed by atoms with van der Waals surface area (Å²) in [6.07, 6.45) is 11.2. The summed E-state index contributed by atoms with van der Waals surface area (Å²) in [5.41, 5.74) is 4.09. The van der Waals surface area contributed by atoms with E-state index in [1.54, 1.807) is 23.1 Å². The smallest absolute Gasteiger partial charge is 0.240 e. The number of benzene rings is 2. The van der Waals surface area contributed by atoms with Crippen LogP contribution in [0.1, 0.15) is 86.6 Å². The number of rotatable bonds is 7. The number of nitrogens with zero attached hydrogens (tertiary/aromatic N) is 4. The molecule has 6 nitrogen and oxygen atoms in total. The number of aliphatic hydroxyl groups is 1. The number of halogens is 1. The molecule has 1 N–H and O–H groups in total. The van der Waals surface area contributed by atoms with E-state index < -0.39 is 5.95 Å². The third-order valence-electron chi connectivity index (χ3n) is 9.79. The number of fused-ring (bicyclic) bond motifs is 1. The first-order valence-electron chi connectivity index (χ1n) is 15.6. The maximum Gasteiger partial charge on any atom is 0.240 e. The summed E-state index contributed by atoms with van der Waals surface area (Å²) in [7, 11) is 1.78. The van der Waals surface area contributed by atoms with Gasteiger partial charge in [0.2, 0.25) is 11.9 Å². The summed E-state index contributed by atoms with van der Waals surface area (Å²) in [6.45, 7) is 0.709. The minimum Gasteiger partial charge on any atom is -0.393 e. The lowest BCUT2D eigenvalue weighted by molar-refractivity contribution is -0.124. The second kappa shape index (κ2) is 11.5. The number of hydrogen-bond donors (Lipinski definition) is 1. The maximum atomic E-state index is 14.4. The van der Waals surface area contributed by atoms with Crippen molar-refractivity contribution >= 4 is 33.8 Å². The van der Waals surface area contributed by atoms with Gasteiger partial charge in [0.15, 0.2) is 0 Å². The fourth-order valence-corrected chi connectivity index (χ4v) is 8.15. The van der Waals surface area contributed by atoms with Gasteiger partial charge < -0.3 is 10.0 Å². The molecule has 0 atom stereocenters. The van der Waals surface area contributed by atoms with E-state index in [1.807, 2.05) is 18.3 Å². The average Bonchev–Trinajstić information content (AvgIpc) is 3.68. The van der Waals surface area contributed by atoms with Gasteiger partial charge in [0.25, 0.3) is 0 Å². The highest BCUT2D eigenvalue weighted by atomic mass is 32.1. The van der Waals surface area contributed by atoms with Crippen LogP contribution in [0.3, 0.4) is 0 Å². The van der Waals surface area contributed by atoms with Gasteiger partial charge >= 0.3 is 0 Å². The highest BCUT2D eigenvalue weighted by molar-refractivity contribution is 7.15. The number of aryl methyl sites for hydroxylation is 1. The quantitative estimate of drug-likeness (QED) is 0.242.